The van der Waals surface area contributed by atoms with E-state index in [1.165, 1.54) is 0 Å². The number of carbonyl (C=O) groups excluding carboxylic acids is 1. The summed E-state index contributed by atoms with van der Waals surface area (Å²) < 4.78 is 82.6. The van der Waals surface area contributed by atoms with Gasteiger partial charge < -0.3 is 0 Å². The normalized spacial score (nSPS) is 14.1. The van der Waals surface area contributed by atoms with Gasteiger partial charge in [-0.3, -0.25) is 8.98 Å². The highest BCUT2D eigenvalue weighted by molar-refractivity contribution is 7.88. The highest BCUT2D eigenvalue weighted by Gasteiger charge is 2.63. The molecule has 4 nitrogen and oxygen atoms in total. The van der Waals surface area contributed by atoms with Gasteiger partial charge in [0.05, 0.1) is 7.11 Å². The molecule has 0 N–H and O–H groups in total. The molecule has 0 saturated carbocycles. The van der Waals surface area contributed by atoms with Gasteiger partial charge in [-0.05, 0) is 0 Å². The summed E-state index contributed by atoms with van der Waals surface area (Å²) in [4.78, 5) is 9.96. The van der Waals surface area contributed by atoms with Crippen molar-refractivity contribution in [2.75, 3.05) is 7.11 Å². The van der Waals surface area contributed by atoms with Crippen LogP contribution in [-0.4, -0.2) is 32.7 Å². The van der Waals surface area contributed by atoms with Crippen molar-refractivity contribution in [1.82, 2.24) is 0 Å². The van der Waals surface area contributed by atoms with Crippen LogP contribution >= 0.6 is 0 Å². The Balaban J connectivity index is 5.30. The topological polar surface area (TPSA) is 60.4 Å². The summed E-state index contributed by atoms with van der Waals surface area (Å²) >= 11 is 0. The van der Waals surface area contributed by atoms with E-state index in [4.69, 9.17) is 0 Å². The Hall–Kier alpha value is -0.770. The van der Waals surface area contributed by atoms with Crippen molar-refractivity contribution < 1.29 is 39.3 Å². The Morgan fingerprint density at radius 1 is 1.14 bits per heavy atom. The minimum Gasteiger partial charge on any atom is -0.281 e. The zero-order valence-electron chi connectivity index (χ0n) is 6.43. The molecule has 0 bridgehead atoms. The summed E-state index contributed by atoms with van der Waals surface area (Å²) in [7, 11) is -5.67. The highest BCUT2D eigenvalue weighted by atomic mass is 32.2. The molecule has 0 saturated heterocycles. The zero-order valence-corrected chi connectivity index (χ0v) is 7.25. The van der Waals surface area contributed by atoms with Crippen molar-refractivity contribution >= 4 is 15.9 Å². The molecule has 0 aromatic carbocycles. The molecule has 0 fully saturated rings. The van der Waals surface area contributed by atoms with Gasteiger partial charge in [-0.15, -0.1) is 0 Å². The third-order valence-electron chi connectivity index (χ3n) is 1.06. The Labute approximate surface area is 74.8 Å². The molecular formula is C4H3F5O4S. The van der Waals surface area contributed by atoms with Crippen molar-refractivity contribution in [1.29, 1.82) is 0 Å². The second-order valence-electron chi connectivity index (χ2n) is 1.96. The van der Waals surface area contributed by atoms with Crippen molar-refractivity contribution in [3.05, 3.63) is 0 Å². The van der Waals surface area contributed by atoms with E-state index in [9.17, 15) is 35.2 Å². The number of rotatable bonds is 3. The monoisotopic (exact) mass is 242 g/mol. The SMILES string of the molecule is COS(=O)(=O)C(F)(F)C(=O)C(F)(F)F. The van der Waals surface area contributed by atoms with Crippen LogP contribution in [0.5, 0.6) is 0 Å². The Bertz CT molecular complexity index is 328. The van der Waals surface area contributed by atoms with Crippen molar-refractivity contribution in [3.63, 3.8) is 0 Å². The summed E-state index contributed by atoms with van der Waals surface area (Å²) in [6, 6.07) is 0. The van der Waals surface area contributed by atoms with Gasteiger partial charge in [0.2, 0.25) is 0 Å². The summed E-state index contributed by atoms with van der Waals surface area (Å²) in [5, 5.41) is -5.62. The third kappa shape index (κ3) is 2.18. The largest absolute Gasteiger partial charge is 0.457 e. The number of alkyl halides is 5. The molecule has 0 amide bonds. The lowest BCUT2D eigenvalue weighted by molar-refractivity contribution is -0.186. The first-order valence-corrected chi connectivity index (χ1v) is 4.17. The van der Waals surface area contributed by atoms with E-state index in [1.54, 1.807) is 0 Å². The highest BCUT2D eigenvalue weighted by Crippen LogP contribution is 2.32. The van der Waals surface area contributed by atoms with E-state index < -0.39 is 27.3 Å². The van der Waals surface area contributed by atoms with Crippen LogP contribution in [0.4, 0.5) is 22.0 Å². The number of ketones is 1. The summed E-state index contributed by atoms with van der Waals surface area (Å²) in [6.45, 7) is 0. The molecule has 0 aliphatic heterocycles. The molecule has 0 aromatic rings. The van der Waals surface area contributed by atoms with Crippen molar-refractivity contribution in [2.45, 2.75) is 11.4 Å². The average molecular weight is 242 g/mol. The predicted molar refractivity (Wildman–Crippen MR) is 31.9 cm³/mol. The average Bonchev–Trinajstić information content (AvgIpc) is 2.01. The summed E-state index contributed by atoms with van der Waals surface area (Å²) in [5.41, 5.74) is 0. The maximum absolute atomic E-state index is 12.3. The molecule has 0 heterocycles. The lowest BCUT2D eigenvalue weighted by Gasteiger charge is -2.14. The lowest BCUT2D eigenvalue weighted by atomic mass is 10.4. The number of hydrogen-bond acceptors (Lipinski definition) is 4. The minimum atomic E-state index is -5.95. The van der Waals surface area contributed by atoms with Crippen LogP contribution in [0.1, 0.15) is 0 Å². The number of carbonyl (C=O) groups is 1. The van der Waals surface area contributed by atoms with Crippen molar-refractivity contribution in [2.24, 2.45) is 0 Å². The molecule has 14 heavy (non-hydrogen) atoms. The van der Waals surface area contributed by atoms with Crippen LogP contribution in [0.25, 0.3) is 0 Å². The van der Waals surface area contributed by atoms with Gasteiger partial charge in [0.25, 0.3) is 0 Å². The van der Waals surface area contributed by atoms with Crippen LogP contribution in [0, 0.1) is 0 Å². The van der Waals surface area contributed by atoms with Gasteiger partial charge in [-0.1, -0.05) is 0 Å². The Morgan fingerprint density at radius 3 is 1.71 bits per heavy atom. The van der Waals surface area contributed by atoms with Gasteiger partial charge in [0.15, 0.2) is 0 Å². The van der Waals surface area contributed by atoms with E-state index in [0.717, 1.165) is 0 Å². The number of halogens is 5. The van der Waals surface area contributed by atoms with Gasteiger partial charge >= 0.3 is 27.3 Å². The zero-order chi connectivity index (χ0) is 11.8. The maximum Gasteiger partial charge on any atom is 0.457 e. The van der Waals surface area contributed by atoms with Gasteiger partial charge in [-0.25, -0.2) is 0 Å². The summed E-state index contributed by atoms with van der Waals surface area (Å²) in [5.74, 6) is -3.69. The van der Waals surface area contributed by atoms with E-state index in [2.05, 4.69) is 4.18 Å². The van der Waals surface area contributed by atoms with E-state index >= 15 is 0 Å². The molecule has 0 radical (unpaired) electrons. The van der Waals surface area contributed by atoms with Crippen molar-refractivity contribution in [3.8, 4) is 0 Å². The lowest BCUT2D eigenvalue weighted by Crippen LogP contribution is -2.46. The second kappa shape index (κ2) is 3.42. The van der Waals surface area contributed by atoms with Crippen LogP contribution in [0.15, 0.2) is 0 Å². The molecule has 0 aliphatic carbocycles. The molecule has 0 rings (SSSR count). The van der Waals surface area contributed by atoms with Gasteiger partial charge in [0.1, 0.15) is 0 Å². The molecule has 0 aromatic heterocycles. The quantitative estimate of drug-likeness (QED) is 0.539. The second-order valence-corrected chi connectivity index (χ2v) is 3.72. The molecule has 0 unspecified atom stereocenters. The minimum absolute atomic E-state index is 0.215. The molecule has 10 heteroatoms. The standard InChI is InChI=1S/C4H3F5O4S/c1-13-14(11,12)4(8,9)2(10)3(5,6)7/h1H3. The van der Waals surface area contributed by atoms with Crippen LogP contribution in [-0.2, 0) is 19.1 Å². The first-order valence-electron chi connectivity index (χ1n) is 2.76. The summed E-state index contributed by atoms with van der Waals surface area (Å²) in [6.07, 6.45) is -5.95. The van der Waals surface area contributed by atoms with Crippen LogP contribution in [0.2, 0.25) is 0 Å². The fourth-order valence-corrected chi connectivity index (χ4v) is 0.935. The smallest absolute Gasteiger partial charge is 0.281 e. The molecule has 0 spiro atoms. The molecular weight excluding hydrogens is 239 g/mol. The Morgan fingerprint density at radius 2 is 1.50 bits per heavy atom. The van der Waals surface area contributed by atoms with Gasteiger partial charge in [-0.2, -0.15) is 30.4 Å². The molecule has 0 aliphatic rings. The first kappa shape index (κ1) is 13.2. The number of hydrogen-bond donors (Lipinski definition) is 0. The van der Waals surface area contributed by atoms with Crippen LogP contribution < -0.4 is 0 Å². The van der Waals surface area contributed by atoms with E-state index in [-0.39, 0.29) is 7.11 Å². The predicted octanol–water partition coefficient (Wildman–Crippen LogP) is 0.687. The maximum atomic E-state index is 12.3. The Kier molecular flexibility index (Phi) is 3.23. The van der Waals surface area contributed by atoms with Gasteiger partial charge in [0, 0.05) is 0 Å². The van der Waals surface area contributed by atoms with E-state index in [0.29, 0.717) is 0 Å². The van der Waals surface area contributed by atoms with Crippen LogP contribution in [0.3, 0.4) is 0 Å². The van der Waals surface area contributed by atoms with E-state index in [1.807, 2.05) is 0 Å². The fraction of sp³-hybridized carbons (Fsp3) is 0.750. The number of Topliss-reactive ketones (excluding diaryl/α,β-unsaturated/α-hetero) is 1. The fourth-order valence-electron chi connectivity index (χ4n) is 0.383. The molecule has 0 atom stereocenters. The first-order chi connectivity index (χ1) is 5.97. The molecule has 84 valence electrons. The third-order valence-corrected chi connectivity index (χ3v) is 2.31.